The van der Waals surface area contributed by atoms with Crippen LogP contribution in [0.15, 0.2) is 51.8 Å². The van der Waals surface area contributed by atoms with Crippen LogP contribution in [0, 0.1) is 0 Å². The van der Waals surface area contributed by atoms with E-state index in [1.54, 1.807) is 30.3 Å². The number of carbonyl (C=O) groups is 1. The van der Waals surface area contributed by atoms with Gasteiger partial charge in [0.15, 0.2) is 0 Å². The number of thioether (sulfide) groups is 1. The van der Waals surface area contributed by atoms with Gasteiger partial charge in [0.2, 0.25) is 5.91 Å². The maximum absolute atomic E-state index is 12.3. The summed E-state index contributed by atoms with van der Waals surface area (Å²) < 4.78 is 25.3. The molecule has 3 N–H and O–H groups in total. The Hall–Kier alpha value is -1.19. The summed E-state index contributed by atoms with van der Waals surface area (Å²) in [6.45, 7) is -0.248. The molecule has 0 radical (unpaired) electrons. The molecule has 0 saturated carbocycles. The number of carbonyl (C=O) groups excluding carboxylic acids is 1. The highest BCUT2D eigenvalue weighted by Gasteiger charge is 2.13. The highest BCUT2D eigenvalue weighted by Crippen LogP contribution is 2.26. The zero-order chi connectivity index (χ0) is 19.1. The maximum atomic E-state index is 12.3. The SMILES string of the molecule is O=C(CN[C@@H](CO)c1cc(Cl)cc(Br)c1)Nc1ccc(SC(F)F)cc1. The second-order valence-electron chi connectivity index (χ2n) is 5.27. The van der Waals surface area contributed by atoms with Crippen LogP contribution < -0.4 is 10.6 Å². The monoisotopic (exact) mass is 464 g/mol. The molecule has 0 spiro atoms. The van der Waals surface area contributed by atoms with Crippen molar-refractivity contribution >= 4 is 50.9 Å². The van der Waals surface area contributed by atoms with Crippen LogP contribution >= 0.6 is 39.3 Å². The number of benzene rings is 2. The van der Waals surface area contributed by atoms with Crippen LogP contribution in [0.25, 0.3) is 0 Å². The molecular formula is C17H16BrClF2N2O2S. The Morgan fingerprint density at radius 2 is 1.92 bits per heavy atom. The third-order valence-electron chi connectivity index (χ3n) is 3.34. The van der Waals surface area contributed by atoms with Crippen molar-refractivity contribution < 1.29 is 18.7 Å². The number of amides is 1. The molecule has 1 amide bonds. The summed E-state index contributed by atoms with van der Waals surface area (Å²) in [6.07, 6.45) is 0. The Morgan fingerprint density at radius 3 is 2.50 bits per heavy atom. The van der Waals surface area contributed by atoms with Gasteiger partial charge in [0, 0.05) is 20.1 Å². The lowest BCUT2D eigenvalue weighted by atomic mass is 10.1. The van der Waals surface area contributed by atoms with Crippen LogP contribution in [0.5, 0.6) is 0 Å². The van der Waals surface area contributed by atoms with E-state index < -0.39 is 11.8 Å². The molecule has 9 heteroatoms. The zero-order valence-electron chi connectivity index (χ0n) is 13.4. The van der Waals surface area contributed by atoms with Crippen molar-refractivity contribution in [3.05, 3.63) is 57.5 Å². The Labute approximate surface area is 167 Å². The van der Waals surface area contributed by atoms with Gasteiger partial charge >= 0.3 is 0 Å². The summed E-state index contributed by atoms with van der Waals surface area (Å²) in [5.74, 6) is -2.81. The Bertz CT molecular complexity index is 730. The third kappa shape index (κ3) is 6.85. The van der Waals surface area contributed by atoms with Gasteiger partial charge < -0.3 is 10.4 Å². The number of hydrogen-bond acceptors (Lipinski definition) is 4. The minimum Gasteiger partial charge on any atom is -0.394 e. The Balaban J connectivity index is 1.90. The molecule has 0 aliphatic carbocycles. The van der Waals surface area contributed by atoms with E-state index in [0.29, 0.717) is 27.4 Å². The summed E-state index contributed by atoms with van der Waals surface area (Å²) in [4.78, 5) is 12.5. The molecule has 26 heavy (non-hydrogen) atoms. The van der Waals surface area contributed by atoms with E-state index in [2.05, 4.69) is 26.6 Å². The highest BCUT2D eigenvalue weighted by molar-refractivity contribution is 9.10. The van der Waals surface area contributed by atoms with Gasteiger partial charge in [-0.1, -0.05) is 39.3 Å². The molecular weight excluding hydrogens is 450 g/mol. The molecule has 2 aromatic rings. The zero-order valence-corrected chi connectivity index (χ0v) is 16.5. The van der Waals surface area contributed by atoms with E-state index in [1.165, 1.54) is 12.1 Å². The number of rotatable bonds is 8. The van der Waals surface area contributed by atoms with Crippen LogP contribution in [0.4, 0.5) is 14.5 Å². The van der Waals surface area contributed by atoms with Crippen LogP contribution in [-0.4, -0.2) is 29.9 Å². The molecule has 0 aliphatic heterocycles. The lowest BCUT2D eigenvalue weighted by molar-refractivity contribution is -0.115. The fraction of sp³-hybridized carbons (Fsp3) is 0.235. The second kappa shape index (κ2) is 10.2. The average Bonchev–Trinajstić information content (AvgIpc) is 2.56. The molecule has 0 aromatic heterocycles. The van der Waals surface area contributed by atoms with Gasteiger partial charge in [0.05, 0.1) is 19.2 Å². The first-order valence-corrected chi connectivity index (χ1v) is 9.57. The first-order chi connectivity index (χ1) is 12.4. The third-order valence-corrected chi connectivity index (χ3v) is 4.74. The Kier molecular flexibility index (Phi) is 8.30. The smallest absolute Gasteiger partial charge is 0.288 e. The quantitative estimate of drug-likeness (QED) is 0.496. The first kappa shape index (κ1) is 21.1. The van der Waals surface area contributed by atoms with Gasteiger partial charge in [0.1, 0.15) is 0 Å². The molecule has 0 unspecified atom stereocenters. The van der Waals surface area contributed by atoms with Gasteiger partial charge in [-0.2, -0.15) is 8.78 Å². The number of nitrogens with one attached hydrogen (secondary N) is 2. The minimum absolute atomic E-state index is 0.0388. The van der Waals surface area contributed by atoms with E-state index in [0.717, 1.165) is 10.0 Å². The minimum atomic E-state index is -2.48. The molecule has 4 nitrogen and oxygen atoms in total. The van der Waals surface area contributed by atoms with Crippen LogP contribution in [-0.2, 0) is 4.79 Å². The van der Waals surface area contributed by atoms with Gasteiger partial charge in [-0.15, -0.1) is 0 Å². The van der Waals surface area contributed by atoms with E-state index in [1.807, 2.05) is 0 Å². The van der Waals surface area contributed by atoms with Crippen molar-refractivity contribution in [1.82, 2.24) is 5.32 Å². The molecule has 0 fully saturated rings. The van der Waals surface area contributed by atoms with Crippen molar-refractivity contribution in [2.45, 2.75) is 16.7 Å². The fourth-order valence-electron chi connectivity index (χ4n) is 2.20. The summed E-state index contributed by atoms with van der Waals surface area (Å²) in [7, 11) is 0. The van der Waals surface area contributed by atoms with E-state index in [4.69, 9.17) is 11.6 Å². The standard InChI is InChI=1S/C17H16BrClF2N2O2S/c18-11-5-10(6-12(19)7-11)15(9-24)22-8-16(25)23-13-1-3-14(4-2-13)26-17(20)21/h1-7,15,17,22,24H,8-9H2,(H,23,25)/t15-/m0/s1. The summed E-state index contributed by atoms with van der Waals surface area (Å²) in [5, 5.41) is 15.7. The summed E-state index contributed by atoms with van der Waals surface area (Å²) in [5.41, 5.74) is 1.24. The second-order valence-corrected chi connectivity index (χ2v) is 7.69. The number of aliphatic hydroxyl groups is 1. The number of aliphatic hydroxyl groups excluding tert-OH is 1. The number of alkyl halides is 2. The molecule has 2 rings (SSSR count). The van der Waals surface area contributed by atoms with Gasteiger partial charge in [-0.3, -0.25) is 10.1 Å². The summed E-state index contributed by atoms with van der Waals surface area (Å²) >= 11 is 9.77. The van der Waals surface area contributed by atoms with Crippen molar-refractivity contribution in [3.63, 3.8) is 0 Å². The molecule has 140 valence electrons. The normalized spacial score (nSPS) is 12.2. The average molecular weight is 466 g/mol. The molecule has 0 saturated heterocycles. The van der Waals surface area contributed by atoms with Crippen molar-refractivity contribution in [2.75, 3.05) is 18.5 Å². The highest BCUT2D eigenvalue weighted by atomic mass is 79.9. The van der Waals surface area contributed by atoms with Crippen LogP contribution in [0.3, 0.4) is 0 Å². The predicted molar refractivity (Wildman–Crippen MR) is 104 cm³/mol. The largest absolute Gasteiger partial charge is 0.394 e. The topological polar surface area (TPSA) is 61.4 Å². The van der Waals surface area contributed by atoms with Gasteiger partial charge in [-0.25, -0.2) is 0 Å². The Morgan fingerprint density at radius 1 is 1.23 bits per heavy atom. The van der Waals surface area contributed by atoms with Crippen molar-refractivity contribution in [1.29, 1.82) is 0 Å². The molecule has 0 aliphatic rings. The number of hydrogen-bond donors (Lipinski definition) is 3. The molecule has 0 heterocycles. The lowest BCUT2D eigenvalue weighted by Gasteiger charge is -2.17. The van der Waals surface area contributed by atoms with Gasteiger partial charge in [0.25, 0.3) is 5.76 Å². The van der Waals surface area contributed by atoms with E-state index in [9.17, 15) is 18.7 Å². The summed E-state index contributed by atoms with van der Waals surface area (Å²) in [6, 6.07) is 10.9. The van der Waals surface area contributed by atoms with Gasteiger partial charge in [-0.05, 0) is 48.0 Å². The molecule has 1 atom stereocenters. The first-order valence-electron chi connectivity index (χ1n) is 7.52. The van der Waals surface area contributed by atoms with Crippen LogP contribution in [0.2, 0.25) is 5.02 Å². The van der Waals surface area contributed by atoms with Crippen molar-refractivity contribution in [2.24, 2.45) is 0 Å². The lowest BCUT2D eigenvalue weighted by Crippen LogP contribution is -2.33. The number of anilines is 1. The van der Waals surface area contributed by atoms with Crippen molar-refractivity contribution in [3.8, 4) is 0 Å². The maximum Gasteiger partial charge on any atom is 0.288 e. The fourth-order valence-corrected chi connectivity index (χ4v) is 3.59. The molecule has 0 bridgehead atoms. The van der Waals surface area contributed by atoms with Crippen LogP contribution in [0.1, 0.15) is 11.6 Å². The predicted octanol–water partition coefficient (Wildman–Crippen LogP) is 4.68. The van der Waals surface area contributed by atoms with E-state index in [-0.39, 0.29) is 19.1 Å². The van der Waals surface area contributed by atoms with E-state index >= 15 is 0 Å². The molecule has 2 aromatic carbocycles. The number of halogens is 4.